The van der Waals surface area contributed by atoms with E-state index >= 15 is 0 Å². The Balaban J connectivity index is 2.05. The second-order valence-corrected chi connectivity index (χ2v) is 13.4. The fraction of sp³-hybridized carbons (Fsp3) is 0.500. The van der Waals surface area contributed by atoms with Gasteiger partial charge in [0.1, 0.15) is 6.73 Å². The van der Waals surface area contributed by atoms with Gasteiger partial charge in [0.2, 0.25) is 5.91 Å². The molecule has 1 aliphatic rings. The van der Waals surface area contributed by atoms with Crippen LogP contribution in [0.25, 0.3) is 0 Å². The third-order valence-electron chi connectivity index (χ3n) is 3.75. The van der Waals surface area contributed by atoms with E-state index in [-0.39, 0.29) is 35.8 Å². The van der Waals surface area contributed by atoms with Crippen LogP contribution in [0, 0.1) is 5.82 Å². The standard InChI is InChI=1S/C16H22BrFN2O3Si/c1-24(2,3)10-9-23-11-20-14(21)7-8-19(16(20)22)13-6-4-5-12(17)15(13)18/h4-6H,7-11H2,1-3H3. The highest BCUT2D eigenvalue weighted by molar-refractivity contribution is 9.10. The molecule has 0 spiro atoms. The Labute approximate surface area is 150 Å². The molecule has 1 fully saturated rings. The number of anilines is 1. The summed E-state index contributed by atoms with van der Waals surface area (Å²) in [6.45, 7) is 7.27. The van der Waals surface area contributed by atoms with Gasteiger partial charge in [-0.05, 0) is 34.1 Å². The van der Waals surface area contributed by atoms with Crippen molar-refractivity contribution in [3.05, 3.63) is 28.5 Å². The van der Waals surface area contributed by atoms with Crippen LogP contribution in [0.2, 0.25) is 25.7 Å². The summed E-state index contributed by atoms with van der Waals surface area (Å²) in [5, 5.41) is 0. The molecule has 0 radical (unpaired) electrons. The number of hydrogen-bond acceptors (Lipinski definition) is 3. The smallest absolute Gasteiger partial charge is 0.333 e. The Hall–Kier alpha value is -1.25. The molecule has 1 aromatic carbocycles. The van der Waals surface area contributed by atoms with Gasteiger partial charge in [-0.2, -0.15) is 0 Å². The van der Waals surface area contributed by atoms with E-state index in [1.807, 2.05) is 0 Å². The minimum absolute atomic E-state index is 0.0890. The first-order chi connectivity index (χ1) is 11.2. The highest BCUT2D eigenvalue weighted by atomic mass is 79.9. The van der Waals surface area contributed by atoms with Crippen LogP contribution in [0.3, 0.4) is 0 Å². The van der Waals surface area contributed by atoms with Crippen molar-refractivity contribution in [3.8, 4) is 0 Å². The van der Waals surface area contributed by atoms with Crippen molar-refractivity contribution in [1.29, 1.82) is 0 Å². The third-order valence-corrected chi connectivity index (χ3v) is 6.07. The summed E-state index contributed by atoms with van der Waals surface area (Å²) in [4.78, 5) is 26.9. The van der Waals surface area contributed by atoms with E-state index in [1.54, 1.807) is 12.1 Å². The summed E-state index contributed by atoms with van der Waals surface area (Å²) >= 11 is 3.12. The Morgan fingerprint density at radius 3 is 2.67 bits per heavy atom. The summed E-state index contributed by atoms with van der Waals surface area (Å²) in [7, 11) is -1.24. The van der Waals surface area contributed by atoms with Crippen molar-refractivity contribution < 1.29 is 18.7 Å². The predicted molar refractivity (Wildman–Crippen MR) is 97.3 cm³/mol. The van der Waals surface area contributed by atoms with Crippen molar-refractivity contribution >= 4 is 41.6 Å². The molecule has 24 heavy (non-hydrogen) atoms. The van der Waals surface area contributed by atoms with Crippen LogP contribution in [0.15, 0.2) is 22.7 Å². The van der Waals surface area contributed by atoms with Gasteiger partial charge >= 0.3 is 6.03 Å². The number of nitrogens with zero attached hydrogens (tertiary/aromatic N) is 2. The molecule has 0 aromatic heterocycles. The van der Waals surface area contributed by atoms with Gasteiger partial charge in [-0.3, -0.25) is 9.69 Å². The predicted octanol–water partition coefficient (Wildman–Crippen LogP) is 4.06. The minimum atomic E-state index is -1.24. The summed E-state index contributed by atoms with van der Waals surface area (Å²) in [5.41, 5.74) is 0.161. The van der Waals surface area contributed by atoms with E-state index in [1.165, 1.54) is 11.0 Å². The number of carbonyl (C=O) groups is 2. The number of halogens is 2. The molecule has 0 bridgehead atoms. The van der Waals surface area contributed by atoms with E-state index in [0.29, 0.717) is 6.61 Å². The maximum absolute atomic E-state index is 14.3. The van der Waals surface area contributed by atoms with Crippen LogP contribution in [-0.2, 0) is 9.53 Å². The molecule has 2 rings (SSSR count). The van der Waals surface area contributed by atoms with Crippen molar-refractivity contribution in [2.75, 3.05) is 24.8 Å². The zero-order valence-electron chi connectivity index (χ0n) is 14.1. The Kier molecular flexibility index (Phi) is 6.16. The first-order valence-corrected chi connectivity index (χ1v) is 12.3. The number of imide groups is 1. The van der Waals surface area contributed by atoms with Crippen molar-refractivity contribution in [2.24, 2.45) is 0 Å². The molecule has 5 nitrogen and oxygen atoms in total. The Morgan fingerprint density at radius 2 is 2.00 bits per heavy atom. The zero-order valence-corrected chi connectivity index (χ0v) is 16.7. The summed E-state index contributed by atoms with van der Waals surface area (Å²) in [5.74, 6) is -0.806. The number of benzene rings is 1. The molecule has 1 aliphatic heterocycles. The first kappa shape index (κ1) is 19.1. The number of urea groups is 1. The summed E-state index contributed by atoms with van der Waals surface area (Å²) in [6.07, 6.45) is 0.148. The van der Waals surface area contributed by atoms with Crippen LogP contribution in [-0.4, -0.2) is 44.8 Å². The highest BCUT2D eigenvalue weighted by Crippen LogP contribution is 2.28. The van der Waals surface area contributed by atoms with E-state index in [9.17, 15) is 14.0 Å². The molecule has 0 N–H and O–H groups in total. The molecule has 0 saturated carbocycles. The fourth-order valence-corrected chi connectivity index (χ4v) is 3.39. The molecule has 0 atom stereocenters. The van der Waals surface area contributed by atoms with Crippen LogP contribution < -0.4 is 4.90 Å². The maximum Gasteiger partial charge on any atom is 0.333 e. The molecule has 0 unspecified atom stereocenters. The van der Waals surface area contributed by atoms with Crippen molar-refractivity contribution in [2.45, 2.75) is 32.1 Å². The average molecular weight is 417 g/mol. The van der Waals surface area contributed by atoms with Gasteiger partial charge in [0.25, 0.3) is 0 Å². The van der Waals surface area contributed by atoms with Gasteiger partial charge in [-0.1, -0.05) is 25.7 Å². The topological polar surface area (TPSA) is 49.9 Å². The molecule has 1 saturated heterocycles. The fourth-order valence-electron chi connectivity index (χ4n) is 2.28. The van der Waals surface area contributed by atoms with Gasteiger partial charge in [0.15, 0.2) is 5.82 Å². The molecule has 132 valence electrons. The van der Waals surface area contributed by atoms with Gasteiger partial charge in [-0.25, -0.2) is 14.1 Å². The second-order valence-electron chi connectivity index (χ2n) is 6.93. The van der Waals surface area contributed by atoms with E-state index in [2.05, 4.69) is 35.6 Å². The lowest BCUT2D eigenvalue weighted by molar-refractivity contribution is -0.133. The number of hydrogen-bond donors (Lipinski definition) is 0. The van der Waals surface area contributed by atoms with Crippen LogP contribution in [0.1, 0.15) is 6.42 Å². The monoisotopic (exact) mass is 416 g/mol. The Morgan fingerprint density at radius 1 is 1.29 bits per heavy atom. The van der Waals surface area contributed by atoms with E-state index in [0.717, 1.165) is 10.9 Å². The average Bonchev–Trinajstić information content (AvgIpc) is 2.49. The quantitative estimate of drug-likeness (QED) is 0.518. The third kappa shape index (κ3) is 4.64. The summed E-state index contributed by atoms with van der Waals surface area (Å²) < 4.78 is 20.0. The van der Waals surface area contributed by atoms with E-state index < -0.39 is 19.9 Å². The zero-order chi connectivity index (χ0) is 17.9. The summed E-state index contributed by atoms with van der Waals surface area (Å²) in [6, 6.07) is 5.15. The molecular formula is C16H22BrFN2O3Si. The van der Waals surface area contributed by atoms with Crippen molar-refractivity contribution in [1.82, 2.24) is 4.90 Å². The molecule has 8 heteroatoms. The lowest BCUT2D eigenvalue weighted by atomic mass is 10.2. The maximum atomic E-state index is 14.3. The van der Waals surface area contributed by atoms with E-state index in [4.69, 9.17) is 4.74 Å². The first-order valence-electron chi connectivity index (χ1n) is 7.84. The molecule has 1 heterocycles. The van der Waals surface area contributed by atoms with Crippen LogP contribution in [0.4, 0.5) is 14.9 Å². The van der Waals surface area contributed by atoms with Gasteiger partial charge in [0, 0.05) is 27.6 Å². The largest absolute Gasteiger partial charge is 0.361 e. The highest BCUT2D eigenvalue weighted by Gasteiger charge is 2.34. The molecule has 3 amide bonds. The lowest BCUT2D eigenvalue weighted by Gasteiger charge is -2.34. The minimum Gasteiger partial charge on any atom is -0.361 e. The Bertz CT molecular complexity index is 636. The second kappa shape index (κ2) is 7.75. The number of amides is 3. The van der Waals surface area contributed by atoms with Gasteiger partial charge in [0.05, 0.1) is 10.2 Å². The van der Waals surface area contributed by atoms with Crippen molar-refractivity contribution in [3.63, 3.8) is 0 Å². The normalized spacial score (nSPS) is 16.0. The van der Waals surface area contributed by atoms with Crippen LogP contribution in [0.5, 0.6) is 0 Å². The van der Waals surface area contributed by atoms with Gasteiger partial charge in [-0.15, -0.1) is 0 Å². The SMILES string of the molecule is C[Si](C)(C)CCOCN1C(=O)CCN(c2cccc(Br)c2F)C1=O. The lowest BCUT2D eigenvalue weighted by Crippen LogP contribution is -2.53. The van der Waals surface area contributed by atoms with Gasteiger partial charge < -0.3 is 4.74 Å². The van der Waals surface area contributed by atoms with Crippen LogP contribution >= 0.6 is 15.9 Å². The number of carbonyl (C=O) groups excluding carboxylic acids is 2. The number of ether oxygens (including phenoxy) is 1. The number of rotatable bonds is 6. The molecule has 1 aromatic rings. The molecule has 0 aliphatic carbocycles. The molecular weight excluding hydrogens is 395 g/mol.